The SMILES string of the molecule is Cc1n[nH]c(C)c1S(=O)(=O)Nc1cc(C(=O)O)c2c(c1)ncn2C. The molecule has 126 valence electrons. The first kappa shape index (κ1) is 16.0. The average molecular weight is 349 g/mol. The molecule has 0 saturated carbocycles. The second kappa shape index (κ2) is 5.34. The Bertz CT molecular complexity index is 1040. The molecule has 0 amide bonds. The van der Waals surface area contributed by atoms with Gasteiger partial charge in [0.2, 0.25) is 0 Å². The molecule has 2 aromatic heterocycles. The Balaban J connectivity index is 2.12. The molecule has 9 nitrogen and oxygen atoms in total. The van der Waals surface area contributed by atoms with Gasteiger partial charge in [0.15, 0.2) is 0 Å². The highest BCUT2D eigenvalue weighted by molar-refractivity contribution is 7.92. The highest BCUT2D eigenvalue weighted by Crippen LogP contribution is 2.26. The number of aryl methyl sites for hydroxylation is 3. The molecule has 0 spiro atoms. The van der Waals surface area contributed by atoms with E-state index < -0.39 is 16.0 Å². The molecule has 0 saturated heterocycles. The normalized spacial score (nSPS) is 11.8. The van der Waals surface area contributed by atoms with Crippen molar-refractivity contribution in [3.8, 4) is 0 Å². The predicted octanol–water partition coefficient (Wildman–Crippen LogP) is 1.41. The molecule has 0 atom stereocenters. The number of hydrogen-bond acceptors (Lipinski definition) is 5. The summed E-state index contributed by atoms with van der Waals surface area (Å²) in [6.07, 6.45) is 1.47. The van der Waals surface area contributed by atoms with Crippen molar-refractivity contribution in [3.05, 3.63) is 35.4 Å². The Hall–Kier alpha value is -2.88. The van der Waals surface area contributed by atoms with E-state index in [0.717, 1.165) is 0 Å². The van der Waals surface area contributed by atoms with Gasteiger partial charge in [-0.2, -0.15) is 5.10 Å². The van der Waals surface area contributed by atoms with E-state index in [1.807, 2.05) is 0 Å². The third-order valence-corrected chi connectivity index (χ3v) is 5.27. The van der Waals surface area contributed by atoms with Crippen molar-refractivity contribution < 1.29 is 18.3 Å². The molecule has 0 fully saturated rings. The largest absolute Gasteiger partial charge is 0.478 e. The average Bonchev–Trinajstić information content (AvgIpc) is 3.01. The summed E-state index contributed by atoms with van der Waals surface area (Å²) in [4.78, 5) is 15.6. The lowest BCUT2D eigenvalue weighted by Gasteiger charge is -2.10. The number of nitrogens with one attached hydrogen (secondary N) is 2. The molecular formula is C14H15N5O4S. The van der Waals surface area contributed by atoms with Crippen LogP contribution in [0.25, 0.3) is 11.0 Å². The number of anilines is 1. The van der Waals surface area contributed by atoms with Gasteiger partial charge in [-0.3, -0.25) is 9.82 Å². The number of benzene rings is 1. The molecule has 2 heterocycles. The minimum absolute atomic E-state index is 0.0363. The molecule has 0 unspecified atom stereocenters. The lowest BCUT2D eigenvalue weighted by Crippen LogP contribution is -2.15. The van der Waals surface area contributed by atoms with Crippen molar-refractivity contribution in [2.24, 2.45) is 7.05 Å². The van der Waals surface area contributed by atoms with Crippen LogP contribution >= 0.6 is 0 Å². The van der Waals surface area contributed by atoms with Crippen LogP contribution in [0, 0.1) is 13.8 Å². The first-order chi connectivity index (χ1) is 11.2. The Labute approximate surface area is 137 Å². The third kappa shape index (κ3) is 2.50. The topological polar surface area (TPSA) is 130 Å². The van der Waals surface area contributed by atoms with Crippen LogP contribution in [-0.4, -0.2) is 39.2 Å². The molecule has 0 bridgehead atoms. The van der Waals surface area contributed by atoms with E-state index in [-0.39, 0.29) is 16.1 Å². The maximum atomic E-state index is 12.6. The number of imidazole rings is 1. The van der Waals surface area contributed by atoms with Crippen molar-refractivity contribution in [3.63, 3.8) is 0 Å². The first-order valence-corrected chi connectivity index (χ1v) is 8.42. The van der Waals surface area contributed by atoms with E-state index in [2.05, 4.69) is 19.9 Å². The monoisotopic (exact) mass is 349 g/mol. The zero-order chi connectivity index (χ0) is 17.6. The molecule has 0 aliphatic heterocycles. The second-order valence-electron chi connectivity index (χ2n) is 5.42. The molecule has 0 aliphatic carbocycles. The number of carbonyl (C=O) groups is 1. The van der Waals surface area contributed by atoms with Gasteiger partial charge in [0.25, 0.3) is 10.0 Å². The molecule has 3 N–H and O–H groups in total. The van der Waals surface area contributed by atoms with E-state index in [9.17, 15) is 18.3 Å². The smallest absolute Gasteiger partial charge is 0.337 e. The maximum Gasteiger partial charge on any atom is 0.337 e. The number of aromatic amines is 1. The Morgan fingerprint density at radius 1 is 1.33 bits per heavy atom. The summed E-state index contributed by atoms with van der Waals surface area (Å²) >= 11 is 0. The zero-order valence-electron chi connectivity index (χ0n) is 13.2. The molecule has 1 aromatic carbocycles. The summed E-state index contributed by atoms with van der Waals surface area (Å²) in [5, 5.41) is 15.9. The lowest BCUT2D eigenvalue weighted by atomic mass is 10.1. The Morgan fingerprint density at radius 3 is 2.62 bits per heavy atom. The van der Waals surface area contributed by atoms with Crippen molar-refractivity contribution in [1.29, 1.82) is 0 Å². The summed E-state index contributed by atoms with van der Waals surface area (Å²) in [6.45, 7) is 3.17. The highest BCUT2D eigenvalue weighted by Gasteiger charge is 2.23. The highest BCUT2D eigenvalue weighted by atomic mass is 32.2. The quantitative estimate of drug-likeness (QED) is 0.653. The number of fused-ring (bicyclic) bond motifs is 1. The molecule has 3 rings (SSSR count). The summed E-state index contributed by atoms with van der Waals surface area (Å²) < 4.78 is 29.1. The number of sulfonamides is 1. The van der Waals surface area contributed by atoms with Crippen LogP contribution in [0.4, 0.5) is 5.69 Å². The lowest BCUT2D eigenvalue weighted by molar-refractivity contribution is 0.0698. The van der Waals surface area contributed by atoms with Gasteiger partial charge >= 0.3 is 5.97 Å². The van der Waals surface area contributed by atoms with Crippen LogP contribution in [0.1, 0.15) is 21.7 Å². The van der Waals surface area contributed by atoms with Gasteiger partial charge in [0, 0.05) is 7.05 Å². The minimum Gasteiger partial charge on any atom is -0.478 e. The number of aromatic nitrogens is 4. The van der Waals surface area contributed by atoms with Gasteiger partial charge in [-0.25, -0.2) is 18.2 Å². The van der Waals surface area contributed by atoms with Crippen LogP contribution < -0.4 is 4.72 Å². The first-order valence-electron chi connectivity index (χ1n) is 6.93. The van der Waals surface area contributed by atoms with Crippen molar-refractivity contribution in [1.82, 2.24) is 19.7 Å². The fourth-order valence-electron chi connectivity index (χ4n) is 2.66. The fourth-order valence-corrected chi connectivity index (χ4v) is 4.07. The third-order valence-electron chi connectivity index (χ3n) is 3.62. The molecule has 0 radical (unpaired) electrons. The Morgan fingerprint density at radius 2 is 2.04 bits per heavy atom. The number of carboxylic acid groups (broad SMARTS) is 1. The standard InChI is InChI=1S/C14H15N5O4S/c1-7-13(8(2)17-16-7)24(22,23)18-9-4-10(14(20)21)12-11(5-9)15-6-19(12)3/h4-6,18H,1-3H3,(H,16,17)(H,20,21). The summed E-state index contributed by atoms with van der Waals surface area (Å²) in [5.74, 6) is -1.17. The number of carboxylic acids is 1. The van der Waals surface area contributed by atoms with Gasteiger partial charge in [0.1, 0.15) is 4.90 Å². The van der Waals surface area contributed by atoms with Crippen molar-refractivity contribution in [2.45, 2.75) is 18.7 Å². The summed E-state index contributed by atoms with van der Waals surface area (Å²) in [7, 11) is -2.24. The van der Waals surface area contributed by atoms with E-state index in [0.29, 0.717) is 22.4 Å². The molecule has 0 aliphatic rings. The van der Waals surface area contributed by atoms with Gasteiger partial charge in [-0.05, 0) is 26.0 Å². The molecule has 10 heteroatoms. The summed E-state index contributed by atoms with van der Waals surface area (Å²) in [6, 6.07) is 2.76. The van der Waals surface area contributed by atoms with Gasteiger partial charge in [-0.15, -0.1) is 0 Å². The maximum absolute atomic E-state index is 12.6. The van der Waals surface area contributed by atoms with Crippen LogP contribution in [0.15, 0.2) is 23.4 Å². The number of nitrogens with zero attached hydrogens (tertiary/aromatic N) is 3. The number of H-pyrrole nitrogens is 1. The number of aromatic carboxylic acids is 1. The van der Waals surface area contributed by atoms with Gasteiger partial charge < -0.3 is 9.67 Å². The predicted molar refractivity (Wildman–Crippen MR) is 86.5 cm³/mol. The molecule has 24 heavy (non-hydrogen) atoms. The van der Waals surface area contributed by atoms with Crippen molar-refractivity contribution >= 4 is 32.7 Å². The van der Waals surface area contributed by atoms with E-state index >= 15 is 0 Å². The van der Waals surface area contributed by atoms with E-state index in [4.69, 9.17) is 0 Å². The summed E-state index contributed by atoms with van der Waals surface area (Å²) in [5.41, 5.74) is 1.62. The Kier molecular flexibility index (Phi) is 3.56. The van der Waals surface area contributed by atoms with E-state index in [1.165, 1.54) is 18.5 Å². The van der Waals surface area contributed by atoms with Crippen LogP contribution in [-0.2, 0) is 17.1 Å². The van der Waals surface area contributed by atoms with E-state index in [1.54, 1.807) is 25.5 Å². The molecular weight excluding hydrogens is 334 g/mol. The number of rotatable bonds is 4. The fraction of sp³-hybridized carbons (Fsp3) is 0.214. The molecule has 3 aromatic rings. The second-order valence-corrected chi connectivity index (χ2v) is 7.04. The van der Waals surface area contributed by atoms with Gasteiger partial charge in [-0.1, -0.05) is 0 Å². The van der Waals surface area contributed by atoms with Gasteiger partial charge in [0.05, 0.1) is 40.0 Å². The minimum atomic E-state index is -3.91. The van der Waals surface area contributed by atoms with Crippen LogP contribution in [0.5, 0.6) is 0 Å². The van der Waals surface area contributed by atoms with Crippen LogP contribution in [0.3, 0.4) is 0 Å². The van der Waals surface area contributed by atoms with Crippen molar-refractivity contribution in [2.75, 3.05) is 4.72 Å². The number of hydrogen-bond donors (Lipinski definition) is 3. The van der Waals surface area contributed by atoms with Crippen LogP contribution in [0.2, 0.25) is 0 Å². The zero-order valence-corrected chi connectivity index (χ0v) is 14.0.